The third kappa shape index (κ3) is 2.97. The molecule has 0 spiro atoms. The fourth-order valence-corrected chi connectivity index (χ4v) is 4.22. The first-order chi connectivity index (χ1) is 12.5. The number of nitrogens with one attached hydrogen (secondary N) is 1. The summed E-state index contributed by atoms with van der Waals surface area (Å²) >= 11 is 0. The fourth-order valence-electron chi connectivity index (χ4n) is 4.22. The van der Waals surface area contributed by atoms with Crippen molar-refractivity contribution in [3.63, 3.8) is 0 Å². The van der Waals surface area contributed by atoms with Gasteiger partial charge in [-0.1, -0.05) is 12.8 Å². The second kappa shape index (κ2) is 6.74. The lowest BCUT2D eigenvalue weighted by Crippen LogP contribution is -2.41. The molecule has 2 aromatic rings. The number of anilines is 1. The number of carbonyl (C=O) groups excluding carboxylic acids is 1. The number of nitrogens with zero attached hydrogens (tertiary/aromatic N) is 5. The van der Waals surface area contributed by atoms with Crippen molar-refractivity contribution in [3.05, 3.63) is 16.7 Å². The normalized spacial score (nSPS) is 19.4. The van der Waals surface area contributed by atoms with Gasteiger partial charge in [-0.2, -0.15) is 4.98 Å². The van der Waals surface area contributed by atoms with Crippen molar-refractivity contribution >= 4 is 23.0 Å². The molecule has 0 bridgehead atoms. The monoisotopic (exact) mass is 358 g/mol. The van der Waals surface area contributed by atoms with Crippen LogP contribution in [-0.2, 0) is 11.8 Å². The molecule has 1 aliphatic heterocycles. The number of imidazole rings is 1. The van der Waals surface area contributed by atoms with Crippen molar-refractivity contribution in [2.75, 3.05) is 18.4 Å². The molecule has 26 heavy (non-hydrogen) atoms. The van der Waals surface area contributed by atoms with Gasteiger partial charge in [-0.15, -0.1) is 0 Å². The third-order valence-electron chi connectivity index (χ3n) is 5.80. The Morgan fingerprint density at radius 3 is 2.54 bits per heavy atom. The van der Waals surface area contributed by atoms with Crippen molar-refractivity contribution in [2.45, 2.75) is 57.5 Å². The molecule has 2 aromatic heterocycles. The zero-order valence-corrected chi connectivity index (χ0v) is 15.4. The van der Waals surface area contributed by atoms with Crippen LogP contribution in [0.5, 0.6) is 0 Å². The number of aromatic nitrogens is 4. The highest BCUT2D eigenvalue weighted by molar-refractivity contribution is 5.73. The summed E-state index contributed by atoms with van der Waals surface area (Å²) in [6.07, 6.45) is 7.90. The standard InChI is InChI=1S/C18H26N6O2/c1-12(25)23-9-7-13(8-10-23)20-17-19-11-15-16(21-17)24(18(26)22(15)2)14-5-3-4-6-14/h11,13-14H,3-10H2,1-2H3,(H,19,20,21). The quantitative estimate of drug-likeness (QED) is 0.902. The van der Waals surface area contributed by atoms with E-state index in [-0.39, 0.29) is 23.7 Å². The van der Waals surface area contributed by atoms with Crippen LogP contribution in [0.2, 0.25) is 0 Å². The summed E-state index contributed by atoms with van der Waals surface area (Å²) in [5, 5.41) is 3.39. The van der Waals surface area contributed by atoms with E-state index in [2.05, 4.69) is 15.3 Å². The summed E-state index contributed by atoms with van der Waals surface area (Å²) in [6.45, 7) is 3.13. The Kier molecular flexibility index (Phi) is 4.42. The Balaban J connectivity index is 1.58. The molecule has 140 valence electrons. The fraction of sp³-hybridized carbons (Fsp3) is 0.667. The van der Waals surface area contributed by atoms with Crippen LogP contribution < -0.4 is 11.0 Å². The summed E-state index contributed by atoms with van der Waals surface area (Å²) in [5.74, 6) is 0.696. The van der Waals surface area contributed by atoms with Crippen LogP contribution in [-0.4, -0.2) is 49.0 Å². The highest BCUT2D eigenvalue weighted by Crippen LogP contribution is 2.30. The van der Waals surface area contributed by atoms with E-state index in [1.54, 1.807) is 24.7 Å². The first-order valence-electron chi connectivity index (χ1n) is 9.50. The SMILES string of the molecule is CC(=O)N1CCC(Nc2ncc3c(n2)n(C2CCCC2)c(=O)n3C)CC1. The summed E-state index contributed by atoms with van der Waals surface area (Å²) in [5.41, 5.74) is 1.50. The van der Waals surface area contributed by atoms with Crippen molar-refractivity contribution in [2.24, 2.45) is 7.05 Å². The highest BCUT2D eigenvalue weighted by Gasteiger charge is 2.25. The molecule has 0 aromatic carbocycles. The molecule has 1 amide bonds. The summed E-state index contributed by atoms with van der Waals surface area (Å²) in [6, 6.07) is 0.492. The Morgan fingerprint density at radius 1 is 1.19 bits per heavy atom. The van der Waals surface area contributed by atoms with E-state index in [1.165, 1.54) is 12.8 Å². The van der Waals surface area contributed by atoms with Gasteiger partial charge in [-0.3, -0.25) is 13.9 Å². The number of hydrogen-bond acceptors (Lipinski definition) is 5. The van der Waals surface area contributed by atoms with Gasteiger partial charge in [0.15, 0.2) is 5.65 Å². The van der Waals surface area contributed by atoms with Crippen molar-refractivity contribution < 1.29 is 4.79 Å². The Hall–Kier alpha value is -2.38. The summed E-state index contributed by atoms with van der Waals surface area (Å²) in [4.78, 5) is 35.1. The number of amides is 1. The summed E-state index contributed by atoms with van der Waals surface area (Å²) in [7, 11) is 1.78. The van der Waals surface area contributed by atoms with Gasteiger partial charge >= 0.3 is 5.69 Å². The van der Waals surface area contributed by atoms with E-state index in [4.69, 9.17) is 0 Å². The molecule has 2 aliphatic rings. The van der Waals surface area contributed by atoms with Crippen LogP contribution in [0.1, 0.15) is 51.5 Å². The maximum absolute atomic E-state index is 12.7. The lowest BCUT2D eigenvalue weighted by molar-refractivity contribution is -0.129. The van der Waals surface area contributed by atoms with Crippen LogP contribution in [0.4, 0.5) is 5.95 Å². The molecule has 1 saturated carbocycles. The molecular formula is C18H26N6O2. The van der Waals surface area contributed by atoms with Crippen LogP contribution in [0, 0.1) is 0 Å². The number of piperidine rings is 1. The van der Waals surface area contributed by atoms with Gasteiger partial charge in [0.2, 0.25) is 11.9 Å². The van der Waals surface area contributed by atoms with E-state index in [0.29, 0.717) is 5.95 Å². The minimum atomic E-state index is -0.00637. The molecule has 1 N–H and O–H groups in total. The summed E-state index contributed by atoms with van der Waals surface area (Å²) < 4.78 is 3.50. The molecular weight excluding hydrogens is 332 g/mol. The number of fused-ring (bicyclic) bond motifs is 1. The molecule has 2 fully saturated rings. The van der Waals surface area contributed by atoms with Crippen LogP contribution in [0.15, 0.2) is 11.0 Å². The minimum Gasteiger partial charge on any atom is -0.351 e. The van der Waals surface area contributed by atoms with Gasteiger partial charge in [-0.05, 0) is 25.7 Å². The average Bonchev–Trinajstić information content (AvgIpc) is 3.23. The highest BCUT2D eigenvalue weighted by atomic mass is 16.2. The lowest BCUT2D eigenvalue weighted by Gasteiger charge is -2.31. The van der Waals surface area contributed by atoms with Gasteiger partial charge in [0.05, 0.1) is 6.20 Å². The molecule has 0 radical (unpaired) electrons. The van der Waals surface area contributed by atoms with Crippen molar-refractivity contribution in [1.82, 2.24) is 24.0 Å². The smallest absolute Gasteiger partial charge is 0.330 e. The van der Waals surface area contributed by atoms with Gasteiger partial charge in [0, 0.05) is 39.1 Å². The van der Waals surface area contributed by atoms with Gasteiger partial charge < -0.3 is 10.2 Å². The predicted molar refractivity (Wildman–Crippen MR) is 99.2 cm³/mol. The van der Waals surface area contributed by atoms with E-state index in [0.717, 1.165) is 49.9 Å². The van der Waals surface area contributed by atoms with E-state index in [9.17, 15) is 9.59 Å². The number of aryl methyl sites for hydroxylation is 1. The zero-order chi connectivity index (χ0) is 18.3. The topological polar surface area (TPSA) is 85.1 Å². The minimum absolute atomic E-state index is 0.00637. The zero-order valence-electron chi connectivity index (χ0n) is 15.4. The largest absolute Gasteiger partial charge is 0.351 e. The number of carbonyl (C=O) groups is 1. The maximum Gasteiger partial charge on any atom is 0.330 e. The molecule has 0 atom stereocenters. The molecule has 8 heteroatoms. The molecule has 1 saturated heterocycles. The molecule has 3 heterocycles. The first kappa shape index (κ1) is 17.1. The number of rotatable bonds is 3. The van der Waals surface area contributed by atoms with E-state index < -0.39 is 0 Å². The second-order valence-electron chi connectivity index (χ2n) is 7.48. The van der Waals surface area contributed by atoms with Crippen molar-refractivity contribution in [3.8, 4) is 0 Å². The third-order valence-corrected chi connectivity index (χ3v) is 5.80. The second-order valence-corrected chi connectivity index (χ2v) is 7.48. The maximum atomic E-state index is 12.7. The number of likely N-dealkylation sites (tertiary alicyclic amines) is 1. The van der Waals surface area contributed by atoms with Crippen LogP contribution >= 0.6 is 0 Å². The van der Waals surface area contributed by atoms with Crippen molar-refractivity contribution in [1.29, 1.82) is 0 Å². The Bertz CT molecular complexity index is 872. The van der Waals surface area contributed by atoms with E-state index in [1.807, 2.05) is 9.47 Å². The molecule has 4 rings (SSSR count). The lowest BCUT2D eigenvalue weighted by atomic mass is 10.1. The Morgan fingerprint density at radius 2 is 1.88 bits per heavy atom. The molecule has 1 aliphatic carbocycles. The van der Waals surface area contributed by atoms with Gasteiger partial charge in [0.25, 0.3) is 0 Å². The van der Waals surface area contributed by atoms with E-state index >= 15 is 0 Å². The first-order valence-corrected chi connectivity index (χ1v) is 9.50. The number of hydrogen-bond donors (Lipinski definition) is 1. The molecule has 0 unspecified atom stereocenters. The molecule has 8 nitrogen and oxygen atoms in total. The predicted octanol–water partition coefficient (Wildman–Crippen LogP) is 1.67. The van der Waals surface area contributed by atoms with Gasteiger partial charge in [-0.25, -0.2) is 9.78 Å². The van der Waals surface area contributed by atoms with Crippen LogP contribution in [0.3, 0.4) is 0 Å². The Labute approximate surface area is 152 Å². The average molecular weight is 358 g/mol. The van der Waals surface area contributed by atoms with Crippen LogP contribution in [0.25, 0.3) is 11.2 Å². The van der Waals surface area contributed by atoms with Gasteiger partial charge in [0.1, 0.15) is 5.52 Å².